The zero-order valence-electron chi connectivity index (χ0n) is 7.41. The van der Waals surface area contributed by atoms with E-state index in [1.54, 1.807) is 0 Å². The Hall–Kier alpha value is 0.319. The zero-order valence-corrected chi connectivity index (χ0v) is 9.33. The molecule has 14 heavy (non-hydrogen) atoms. The second kappa shape index (κ2) is 0.313. The quantitative estimate of drug-likeness (QED) is 0.390. The van der Waals surface area contributed by atoms with Gasteiger partial charge in [0.05, 0.1) is 0 Å². The van der Waals surface area contributed by atoms with Crippen LogP contribution in [-0.2, 0) is 6.51 Å². The van der Waals surface area contributed by atoms with Gasteiger partial charge in [-0.2, -0.15) is 0 Å². The Balaban J connectivity index is 1.98. The van der Waals surface area contributed by atoms with Gasteiger partial charge in [-0.05, 0) is 0 Å². The van der Waals surface area contributed by atoms with Crippen molar-refractivity contribution in [2.45, 2.75) is 47.8 Å². The summed E-state index contributed by atoms with van der Waals surface area (Å²) in [5, 5.41) is 2.83. The monoisotopic (exact) mass is 243 g/mol. The van der Waals surface area contributed by atoms with Gasteiger partial charge in [0.2, 0.25) is 0 Å². The normalized spacial score (nSPS) is 141. The van der Waals surface area contributed by atoms with Crippen LogP contribution in [0.5, 0.6) is 0 Å². The molecular formula is C11H9FeNS. The maximum atomic E-state index is 4.96. The summed E-state index contributed by atoms with van der Waals surface area (Å²) < 4.78 is 0.654. The van der Waals surface area contributed by atoms with E-state index in [0.29, 0.717) is 4.44 Å². The summed E-state index contributed by atoms with van der Waals surface area (Å²) in [7, 11) is 0. The zero-order chi connectivity index (χ0) is 8.43. The van der Waals surface area contributed by atoms with E-state index < -0.39 is 6.51 Å². The van der Waals surface area contributed by atoms with E-state index in [1.807, 2.05) is 0 Å². The van der Waals surface area contributed by atoms with Crippen molar-refractivity contribution in [2.24, 2.45) is 4.99 Å². The van der Waals surface area contributed by atoms with Crippen molar-refractivity contribution in [3.63, 3.8) is 0 Å². The van der Waals surface area contributed by atoms with Gasteiger partial charge in [0, 0.05) is 0 Å². The molecule has 0 aromatic rings. The van der Waals surface area contributed by atoms with Gasteiger partial charge in [-0.15, -0.1) is 0 Å². The predicted molar refractivity (Wildman–Crippen MR) is 51.5 cm³/mol. The second-order valence-electron chi connectivity index (χ2n) is 9.84. The van der Waals surface area contributed by atoms with E-state index in [0.717, 1.165) is 0 Å². The molecule has 0 saturated carbocycles. The van der Waals surface area contributed by atoms with Gasteiger partial charge in [-0.1, -0.05) is 0 Å². The van der Waals surface area contributed by atoms with Crippen LogP contribution >= 0.6 is 12.2 Å². The Morgan fingerprint density at radius 1 is 0.929 bits per heavy atom. The van der Waals surface area contributed by atoms with Crippen LogP contribution in [0.3, 0.4) is 0 Å². The molecule has 0 aliphatic carbocycles. The van der Waals surface area contributed by atoms with E-state index in [9.17, 15) is 0 Å². The van der Waals surface area contributed by atoms with E-state index in [2.05, 4.69) is 5.16 Å². The molecule has 3 heteroatoms. The first-order chi connectivity index (χ1) is 6.61. The van der Waals surface area contributed by atoms with E-state index in [-0.39, 0.29) is 0 Å². The third kappa shape index (κ3) is 0.0334. The molecule has 10 aliphatic heterocycles. The van der Waals surface area contributed by atoms with Crippen molar-refractivity contribution < 1.29 is 6.51 Å². The molecule has 0 radical (unpaired) electrons. The third-order valence-corrected chi connectivity index (χ3v) is 56.9. The maximum absolute atomic E-state index is 4.96. The SMILES string of the molecule is S=C=N[C]12[CH]3[CH]4[CH]5[CH]1[Fe]45321678[CH]2[CH]1[CH]6[CH]7[CH]28. The van der Waals surface area contributed by atoms with Crippen LogP contribution in [0.4, 0.5) is 0 Å². The van der Waals surface area contributed by atoms with Crippen LogP contribution in [0.2, 0.25) is 43.3 Å². The Labute approximate surface area is 76.6 Å². The van der Waals surface area contributed by atoms with Gasteiger partial charge in [0.1, 0.15) is 0 Å². The topological polar surface area (TPSA) is 12.4 Å². The minimum absolute atomic E-state index is 0.654. The molecular weight excluding hydrogens is 234 g/mol. The average Bonchev–Trinajstić information content (AvgIpc) is 3.14. The van der Waals surface area contributed by atoms with E-state index in [1.165, 1.54) is 43.3 Å². The van der Waals surface area contributed by atoms with Gasteiger partial charge >= 0.3 is 76.7 Å². The van der Waals surface area contributed by atoms with Crippen molar-refractivity contribution >= 4 is 17.4 Å². The van der Waals surface area contributed by atoms with Gasteiger partial charge in [0.15, 0.2) is 0 Å². The van der Waals surface area contributed by atoms with Crippen molar-refractivity contribution in [3.8, 4) is 0 Å². The molecule has 4 atom stereocenters. The molecule has 10 aliphatic rings. The Bertz CT molecular complexity index is 875. The summed E-state index contributed by atoms with van der Waals surface area (Å²) in [6.45, 7) is -2.83. The number of nitrogens with zero attached hydrogens (tertiary/aromatic N) is 1. The average molecular weight is 243 g/mol. The molecule has 1 spiro atoms. The Morgan fingerprint density at radius 2 is 1.43 bits per heavy atom. The van der Waals surface area contributed by atoms with Crippen molar-refractivity contribution in [1.29, 1.82) is 0 Å². The summed E-state index contributed by atoms with van der Waals surface area (Å²) in [6, 6.07) is 0. The van der Waals surface area contributed by atoms with Crippen LogP contribution in [-0.4, -0.2) is 9.60 Å². The van der Waals surface area contributed by atoms with Crippen LogP contribution < -0.4 is 0 Å². The molecule has 10 saturated heterocycles. The van der Waals surface area contributed by atoms with Gasteiger partial charge in [-0.25, -0.2) is 0 Å². The number of isothiocyanates is 1. The minimum atomic E-state index is -2.83. The molecule has 0 aromatic carbocycles. The summed E-state index contributed by atoms with van der Waals surface area (Å²) in [5.41, 5.74) is 0. The summed E-state index contributed by atoms with van der Waals surface area (Å²) in [5.74, 6) is 0. The van der Waals surface area contributed by atoms with Crippen LogP contribution in [0.25, 0.3) is 0 Å². The predicted octanol–water partition coefficient (Wildman–Crippen LogP) is 3.39. The fourth-order valence-electron chi connectivity index (χ4n) is 16.4. The fraction of sp³-hybridized carbons (Fsp3) is 0.909. The van der Waals surface area contributed by atoms with Crippen LogP contribution in [0.15, 0.2) is 4.99 Å². The fourth-order valence-corrected chi connectivity index (χ4v) is 89.2. The molecule has 1 nitrogen and oxygen atoms in total. The van der Waals surface area contributed by atoms with Crippen LogP contribution in [0.1, 0.15) is 0 Å². The third-order valence-electron chi connectivity index (χ3n) is 14.8. The van der Waals surface area contributed by atoms with Gasteiger partial charge in [0.25, 0.3) is 0 Å². The Morgan fingerprint density at radius 3 is 1.64 bits per heavy atom. The number of rotatable bonds is 1. The van der Waals surface area contributed by atoms with E-state index >= 15 is 0 Å². The summed E-state index contributed by atoms with van der Waals surface area (Å²) in [4.78, 5) is 17.1. The molecule has 0 aromatic heterocycles. The number of fused-ring (bicyclic) bond motifs is 10. The van der Waals surface area contributed by atoms with E-state index in [4.69, 9.17) is 17.2 Å². The molecule has 0 bridgehead atoms. The standard InChI is InChI=1S/C6H4NS.C5H5.Fe/c8-5-7-6-3-1-2-4-6;1-2-4-5-3-1;/h1-4H;1-5H;. The first-order valence-electron chi connectivity index (χ1n) is 5.91. The number of hydrogen-bond donors (Lipinski definition) is 0. The summed E-state index contributed by atoms with van der Waals surface area (Å²) in [6.07, 6.45) is 0. The molecule has 10 rings (SSSR count). The molecule has 72 valence electrons. The molecule has 0 amide bonds. The van der Waals surface area contributed by atoms with Gasteiger partial charge < -0.3 is 0 Å². The molecule has 4 unspecified atom stereocenters. The summed E-state index contributed by atoms with van der Waals surface area (Å²) >= 11 is 4.96. The number of aliphatic imine (C=N–C) groups is 1. The Kier molecular flexibility index (Phi) is 0.105. The first-order valence-corrected chi connectivity index (χ1v) is 12.6. The van der Waals surface area contributed by atoms with Crippen molar-refractivity contribution in [3.05, 3.63) is 0 Å². The molecule has 10 heterocycles. The number of hydrogen-bond acceptors (Lipinski definition) is 2. The number of thiocarbonyl (C=S) groups is 1. The van der Waals surface area contributed by atoms with Crippen molar-refractivity contribution in [1.82, 2.24) is 0 Å². The molecule has 0 N–H and O–H groups in total. The second-order valence-corrected chi connectivity index (χ2v) is 33.6. The van der Waals surface area contributed by atoms with Crippen molar-refractivity contribution in [2.75, 3.05) is 0 Å². The van der Waals surface area contributed by atoms with Crippen LogP contribution in [0, 0.1) is 0 Å². The molecule has 10 fully saturated rings. The van der Waals surface area contributed by atoms with Gasteiger partial charge in [-0.3, -0.25) is 0 Å². The first kappa shape index (κ1) is 4.67.